The van der Waals surface area contributed by atoms with Gasteiger partial charge in [-0.2, -0.15) is 0 Å². The molecule has 1 aromatic rings. The molecule has 10 heavy (non-hydrogen) atoms. The Morgan fingerprint density at radius 2 is 2.50 bits per heavy atom. The fraction of sp³-hybridized carbons (Fsp3) is 0.500. The first-order chi connectivity index (χ1) is 4.79. The first-order valence-electron chi connectivity index (χ1n) is 2.89. The van der Waals surface area contributed by atoms with E-state index in [1.165, 1.54) is 11.3 Å². The molecule has 58 valence electrons. The number of nitrogens with zero attached hydrogens (tertiary/aromatic N) is 2. The summed E-state index contributed by atoms with van der Waals surface area (Å²) >= 11 is 2.48. The molecule has 4 heteroatoms. The Bertz CT molecular complexity index is 220. The molecular weight excluding hydrogens is 354 g/mol. The molecule has 0 unspecified atom stereocenters. The van der Waals surface area contributed by atoms with E-state index < -0.39 is 0 Å². The third kappa shape index (κ3) is 1.63. The minimum atomic E-state index is 0.103. The molecule has 1 heterocycles. The van der Waals surface area contributed by atoms with Gasteiger partial charge in [-0.05, 0) is 0 Å². The molecular formula is C6H9I2N2-. The zero-order valence-corrected chi connectivity index (χ0v) is 10.2. The normalized spacial score (nSPS) is 10.7. The van der Waals surface area contributed by atoms with Crippen molar-refractivity contribution in [3.05, 3.63) is 17.5 Å². The Labute approximate surface area is 85.1 Å². The summed E-state index contributed by atoms with van der Waals surface area (Å²) in [6, 6.07) is 0. The van der Waals surface area contributed by atoms with E-state index in [2.05, 4.69) is 42.4 Å². The van der Waals surface area contributed by atoms with Gasteiger partial charge in [-0.15, -0.1) is 0 Å². The number of halogens is 2. The van der Waals surface area contributed by atoms with Crippen LogP contribution in [0.5, 0.6) is 0 Å². The van der Waals surface area contributed by atoms with Crippen LogP contribution in [0.4, 0.5) is 0 Å². The van der Waals surface area contributed by atoms with Crippen LogP contribution in [0.15, 0.2) is 6.20 Å². The third-order valence-electron chi connectivity index (χ3n) is 1.32. The Hall–Kier alpha value is 0.670. The molecule has 0 aliphatic rings. The van der Waals surface area contributed by atoms with Crippen LogP contribution < -0.4 is 21.5 Å². The van der Waals surface area contributed by atoms with Crippen LogP contribution in [0.3, 0.4) is 0 Å². The van der Waals surface area contributed by atoms with Crippen molar-refractivity contribution in [3.63, 3.8) is 0 Å². The molecule has 1 rings (SSSR count). The van der Waals surface area contributed by atoms with Crippen molar-refractivity contribution in [2.75, 3.05) is 4.93 Å². The molecule has 0 bridgehead atoms. The van der Waals surface area contributed by atoms with Gasteiger partial charge in [-0.3, -0.25) is 0 Å². The molecule has 0 saturated carbocycles. The molecule has 0 aliphatic heterocycles. The summed E-state index contributed by atoms with van der Waals surface area (Å²) in [6.07, 6.45) is 1.96. The SMILES string of the molecule is C[I-]n1ncc(C)c1CI. The number of alkyl halides is 2. The van der Waals surface area contributed by atoms with Crippen molar-refractivity contribution in [1.82, 2.24) is 7.99 Å². The van der Waals surface area contributed by atoms with E-state index in [0.29, 0.717) is 0 Å². The maximum absolute atomic E-state index is 4.27. The van der Waals surface area contributed by atoms with Gasteiger partial charge in [0, 0.05) is 0 Å². The van der Waals surface area contributed by atoms with Crippen molar-refractivity contribution >= 4 is 22.6 Å². The van der Waals surface area contributed by atoms with Gasteiger partial charge in [0.15, 0.2) is 0 Å². The van der Waals surface area contributed by atoms with Gasteiger partial charge >= 0.3 is 85.8 Å². The van der Waals surface area contributed by atoms with Crippen LogP contribution >= 0.6 is 22.6 Å². The minimum absolute atomic E-state index is 0.103. The molecule has 1 aromatic heterocycles. The number of aryl methyl sites for hydroxylation is 1. The average molecular weight is 363 g/mol. The standard InChI is InChI=1S/C6H9I2N2/c1-5-4-9-10(8-2)6(5)3-7/h4H,3H2,1-2H3/q-1. The Morgan fingerprint density at radius 1 is 1.80 bits per heavy atom. The van der Waals surface area contributed by atoms with Gasteiger partial charge in [0.25, 0.3) is 0 Å². The molecule has 0 fully saturated rings. The van der Waals surface area contributed by atoms with Crippen molar-refractivity contribution in [2.24, 2.45) is 0 Å². The van der Waals surface area contributed by atoms with Gasteiger partial charge in [0.1, 0.15) is 0 Å². The van der Waals surface area contributed by atoms with Crippen LogP contribution in [0.2, 0.25) is 0 Å². The van der Waals surface area contributed by atoms with E-state index in [0.717, 1.165) is 4.43 Å². The van der Waals surface area contributed by atoms with Crippen LogP contribution in [0, 0.1) is 6.92 Å². The van der Waals surface area contributed by atoms with Gasteiger partial charge in [-0.1, -0.05) is 0 Å². The molecule has 0 amide bonds. The van der Waals surface area contributed by atoms with E-state index in [9.17, 15) is 0 Å². The first-order valence-corrected chi connectivity index (χ1v) is 7.54. The van der Waals surface area contributed by atoms with Crippen molar-refractivity contribution in [2.45, 2.75) is 11.4 Å². The second-order valence-corrected chi connectivity index (χ2v) is 4.58. The Kier molecular flexibility index (Phi) is 3.41. The summed E-state index contributed by atoms with van der Waals surface area (Å²) in [6.45, 7) is 2.12. The maximum atomic E-state index is 4.27. The topological polar surface area (TPSA) is 17.8 Å². The third-order valence-corrected chi connectivity index (χ3v) is 3.79. The zero-order valence-electron chi connectivity index (χ0n) is 5.93. The predicted molar refractivity (Wildman–Crippen MR) is 46.0 cm³/mol. The number of aromatic nitrogens is 2. The summed E-state index contributed by atoms with van der Waals surface area (Å²) in [4.78, 5) is 2.22. The fourth-order valence-electron chi connectivity index (χ4n) is 0.727. The van der Waals surface area contributed by atoms with Crippen LogP contribution in [-0.4, -0.2) is 12.9 Å². The van der Waals surface area contributed by atoms with E-state index in [1.54, 1.807) is 0 Å². The second kappa shape index (κ2) is 3.89. The zero-order chi connectivity index (χ0) is 7.56. The molecule has 2 nitrogen and oxygen atoms in total. The molecule has 0 atom stereocenters. The molecule has 0 spiro atoms. The van der Waals surface area contributed by atoms with E-state index in [4.69, 9.17) is 0 Å². The first kappa shape index (κ1) is 8.76. The number of rotatable bonds is 2. The van der Waals surface area contributed by atoms with Crippen molar-refractivity contribution < 1.29 is 21.5 Å². The van der Waals surface area contributed by atoms with Crippen molar-refractivity contribution in [1.29, 1.82) is 0 Å². The Morgan fingerprint density at radius 3 is 2.90 bits per heavy atom. The summed E-state index contributed by atoms with van der Waals surface area (Å²) in [7, 11) is 0. The molecule has 0 aromatic carbocycles. The fourth-order valence-corrected chi connectivity index (χ4v) is 3.81. The van der Waals surface area contributed by atoms with Crippen LogP contribution in [-0.2, 0) is 4.43 Å². The van der Waals surface area contributed by atoms with Gasteiger partial charge < -0.3 is 0 Å². The number of hydrogen-bond acceptors (Lipinski definition) is 1. The summed E-state index contributed by atoms with van der Waals surface area (Å²) in [5, 5.41) is 4.27. The summed E-state index contributed by atoms with van der Waals surface area (Å²) in [5.74, 6) is 0. The quantitative estimate of drug-likeness (QED) is 0.468. The van der Waals surface area contributed by atoms with Crippen molar-refractivity contribution in [3.8, 4) is 0 Å². The molecule has 0 aliphatic carbocycles. The average Bonchev–Trinajstić information content (AvgIpc) is 2.30. The van der Waals surface area contributed by atoms with E-state index in [-0.39, 0.29) is 21.5 Å². The Balaban J connectivity index is 3.01. The van der Waals surface area contributed by atoms with Gasteiger partial charge in [-0.25, -0.2) is 0 Å². The monoisotopic (exact) mass is 363 g/mol. The predicted octanol–water partition coefficient (Wildman–Crippen LogP) is -1.39. The van der Waals surface area contributed by atoms with Crippen LogP contribution in [0.25, 0.3) is 0 Å². The molecule has 0 saturated heterocycles. The summed E-state index contributed by atoms with van der Waals surface area (Å²) < 4.78 is 3.23. The van der Waals surface area contributed by atoms with Gasteiger partial charge in [0.05, 0.1) is 0 Å². The van der Waals surface area contributed by atoms with Gasteiger partial charge in [0.2, 0.25) is 0 Å². The number of hydrogen-bond donors (Lipinski definition) is 0. The molecule has 0 N–H and O–H groups in total. The molecule has 0 radical (unpaired) electrons. The van der Waals surface area contributed by atoms with Crippen LogP contribution in [0.1, 0.15) is 11.3 Å². The summed E-state index contributed by atoms with van der Waals surface area (Å²) in [5.41, 5.74) is 2.73. The van der Waals surface area contributed by atoms with E-state index in [1.807, 2.05) is 6.20 Å². The van der Waals surface area contributed by atoms with E-state index >= 15 is 0 Å². The second-order valence-electron chi connectivity index (χ2n) is 1.94.